The third kappa shape index (κ3) is 2.27. The zero-order valence-electron chi connectivity index (χ0n) is 9.50. The van der Waals surface area contributed by atoms with Crippen molar-refractivity contribution in [3.8, 4) is 0 Å². The molecule has 3 aromatic rings. The SMILES string of the molecule is O=C(Nc1nncs1)c1cnc(Cl)c2ccccc12. The number of aromatic nitrogens is 3. The lowest BCUT2D eigenvalue weighted by atomic mass is 10.1. The zero-order valence-corrected chi connectivity index (χ0v) is 11.1. The van der Waals surface area contributed by atoms with Gasteiger partial charge in [-0.15, -0.1) is 10.2 Å². The minimum Gasteiger partial charge on any atom is -0.296 e. The molecule has 5 nitrogen and oxygen atoms in total. The summed E-state index contributed by atoms with van der Waals surface area (Å²) in [5.41, 5.74) is 2.00. The number of rotatable bonds is 2. The second-order valence-electron chi connectivity index (χ2n) is 3.71. The summed E-state index contributed by atoms with van der Waals surface area (Å²) in [5.74, 6) is -0.280. The number of benzene rings is 1. The Labute approximate surface area is 117 Å². The molecule has 0 fully saturated rings. The predicted molar refractivity (Wildman–Crippen MR) is 74.6 cm³/mol. The molecule has 1 N–H and O–H groups in total. The van der Waals surface area contributed by atoms with Gasteiger partial charge in [0.05, 0.1) is 5.56 Å². The van der Waals surface area contributed by atoms with Crippen molar-refractivity contribution in [2.75, 3.05) is 5.32 Å². The molecular weight excluding hydrogens is 284 g/mol. The number of carbonyl (C=O) groups excluding carboxylic acids is 1. The molecule has 0 spiro atoms. The fraction of sp³-hybridized carbons (Fsp3) is 0. The van der Waals surface area contributed by atoms with Crippen LogP contribution in [0.5, 0.6) is 0 Å². The molecule has 0 radical (unpaired) electrons. The molecule has 19 heavy (non-hydrogen) atoms. The smallest absolute Gasteiger partial charge is 0.259 e. The van der Waals surface area contributed by atoms with Crippen LogP contribution in [0.15, 0.2) is 36.0 Å². The summed E-state index contributed by atoms with van der Waals surface area (Å²) in [6.07, 6.45) is 1.46. The highest BCUT2D eigenvalue weighted by Gasteiger charge is 2.13. The first-order valence-corrected chi connectivity index (χ1v) is 6.62. The minimum atomic E-state index is -0.280. The van der Waals surface area contributed by atoms with Crippen LogP contribution in [-0.4, -0.2) is 21.1 Å². The molecule has 7 heteroatoms. The van der Waals surface area contributed by atoms with E-state index in [9.17, 15) is 4.79 Å². The van der Waals surface area contributed by atoms with E-state index in [4.69, 9.17) is 11.6 Å². The number of anilines is 1. The molecule has 3 rings (SSSR count). The van der Waals surface area contributed by atoms with Gasteiger partial charge in [0.2, 0.25) is 5.13 Å². The van der Waals surface area contributed by atoms with Crippen LogP contribution in [0, 0.1) is 0 Å². The van der Waals surface area contributed by atoms with Crippen LogP contribution in [0.2, 0.25) is 5.15 Å². The number of hydrogen-bond donors (Lipinski definition) is 1. The topological polar surface area (TPSA) is 67.8 Å². The van der Waals surface area contributed by atoms with Gasteiger partial charge in [-0.1, -0.05) is 47.2 Å². The van der Waals surface area contributed by atoms with Gasteiger partial charge in [0, 0.05) is 11.6 Å². The summed E-state index contributed by atoms with van der Waals surface area (Å²) in [6.45, 7) is 0. The number of carbonyl (C=O) groups is 1. The molecule has 0 unspecified atom stereocenters. The fourth-order valence-corrected chi connectivity index (χ4v) is 2.38. The molecule has 0 aliphatic rings. The lowest BCUT2D eigenvalue weighted by Crippen LogP contribution is -2.12. The van der Waals surface area contributed by atoms with E-state index < -0.39 is 0 Å². The first-order chi connectivity index (χ1) is 9.25. The predicted octanol–water partition coefficient (Wildman–Crippen LogP) is 2.99. The molecule has 0 aliphatic heterocycles. The largest absolute Gasteiger partial charge is 0.296 e. The number of hydrogen-bond acceptors (Lipinski definition) is 5. The highest BCUT2D eigenvalue weighted by atomic mass is 35.5. The van der Waals surface area contributed by atoms with Gasteiger partial charge >= 0.3 is 0 Å². The van der Waals surface area contributed by atoms with Crippen LogP contribution in [-0.2, 0) is 0 Å². The van der Waals surface area contributed by atoms with Gasteiger partial charge in [-0.3, -0.25) is 10.1 Å². The number of fused-ring (bicyclic) bond motifs is 1. The third-order valence-electron chi connectivity index (χ3n) is 2.57. The summed E-state index contributed by atoms with van der Waals surface area (Å²) in [4.78, 5) is 16.2. The van der Waals surface area contributed by atoms with E-state index in [1.165, 1.54) is 17.5 Å². The van der Waals surface area contributed by atoms with Crippen molar-refractivity contribution in [1.29, 1.82) is 0 Å². The van der Waals surface area contributed by atoms with Gasteiger partial charge in [-0.05, 0) is 5.39 Å². The van der Waals surface area contributed by atoms with Crippen molar-refractivity contribution in [2.45, 2.75) is 0 Å². The van der Waals surface area contributed by atoms with Gasteiger partial charge in [0.15, 0.2) is 0 Å². The summed E-state index contributed by atoms with van der Waals surface area (Å²) >= 11 is 7.27. The van der Waals surface area contributed by atoms with Gasteiger partial charge in [0.1, 0.15) is 10.7 Å². The highest BCUT2D eigenvalue weighted by molar-refractivity contribution is 7.13. The van der Waals surface area contributed by atoms with Crippen LogP contribution >= 0.6 is 22.9 Å². The lowest BCUT2D eigenvalue weighted by molar-refractivity contribution is 0.102. The monoisotopic (exact) mass is 290 g/mol. The standard InChI is InChI=1S/C12H7ClN4OS/c13-10-8-4-2-1-3-7(8)9(5-14-10)11(18)16-12-17-15-6-19-12/h1-6H,(H,16,17,18). The summed E-state index contributed by atoms with van der Waals surface area (Å²) in [7, 11) is 0. The molecule has 2 aromatic heterocycles. The number of nitrogens with one attached hydrogen (secondary N) is 1. The van der Waals surface area contributed by atoms with Crippen LogP contribution < -0.4 is 5.32 Å². The number of nitrogens with zero attached hydrogens (tertiary/aromatic N) is 3. The fourth-order valence-electron chi connectivity index (χ4n) is 1.73. The first-order valence-electron chi connectivity index (χ1n) is 5.36. The van der Waals surface area contributed by atoms with Crippen molar-refractivity contribution in [2.24, 2.45) is 0 Å². The summed E-state index contributed by atoms with van der Waals surface area (Å²) in [6, 6.07) is 7.35. The van der Waals surface area contributed by atoms with Crippen molar-refractivity contribution in [1.82, 2.24) is 15.2 Å². The minimum absolute atomic E-state index is 0.280. The molecule has 94 valence electrons. The molecule has 1 amide bonds. The maximum absolute atomic E-state index is 12.2. The van der Waals surface area contributed by atoms with Crippen molar-refractivity contribution < 1.29 is 4.79 Å². The zero-order chi connectivity index (χ0) is 13.2. The number of halogens is 1. The van der Waals surface area contributed by atoms with Crippen molar-refractivity contribution in [3.63, 3.8) is 0 Å². The van der Waals surface area contributed by atoms with E-state index in [1.54, 1.807) is 5.51 Å². The van der Waals surface area contributed by atoms with E-state index in [1.807, 2.05) is 24.3 Å². The van der Waals surface area contributed by atoms with E-state index >= 15 is 0 Å². The molecule has 0 atom stereocenters. The number of amides is 1. The lowest BCUT2D eigenvalue weighted by Gasteiger charge is -2.06. The average Bonchev–Trinajstić information content (AvgIpc) is 2.92. The van der Waals surface area contributed by atoms with Crippen LogP contribution in [0.4, 0.5) is 5.13 Å². The van der Waals surface area contributed by atoms with E-state index in [0.717, 1.165) is 10.8 Å². The van der Waals surface area contributed by atoms with Crippen LogP contribution in [0.1, 0.15) is 10.4 Å². The average molecular weight is 291 g/mol. The normalized spacial score (nSPS) is 10.6. The van der Waals surface area contributed by atoms with Gasteiger partial charge in [-0.25, -0.2) is 4.98 Å². The van der Waals surface area contributed by atoms with Crippen LogP contribution in [0.3, 0.4) is 0 Å². The molecule has 2 heterocycles. The molecule has 0 aliphatic carbocycles. The molecule has 1 aromatic carbocycles. The maximum atomic E-state index is 12.2. The number of pyridine rings is 1. The Balaban J connectivity index is 2.05. The third-order valence-corrected chi connectivity index (χ3v) is 3.48. The highest BCUT2D eigenvalue weighted by Crippen LogP contribution is 2.24. The Morgan fingerprint density at radius 1 is 1.26 bits per heavy atom. The Kier molecular flexibility index (Phi) is 3.10. The van der Waals surface area contributed by atoms with Gasteiger partial charge < -0.3 is 0 Å². The Morgan fingerprint density at radius 2 is 2.05 bits per heavy atom. The molecule has 0 saturated heterocycles. The van der Waals surface area contributed by atoms with Gasteiger partial charge in [-0.2, -0.15) is 0 Å². The first kappa shape index (κ1) is 12.0. The van der Waals surface area contributed by atoms with E-state index in [2.05, 4.69) is 20.5 Å². The van der Waals surface area contributed by atoms with E-state index in [-0.39, 0.29) is 5.91 Å². The van der Waals surface area contributed by atoms with Gasteiger partial charge in [0.25, 0.3) is 5.91 Å². The summed E-state index contributed by atoms with van der Waals surface area (Å²) in [5, 5.41) is 12.4. The Bertz CT molecular complexity index is 745. The quantitative estimate of drug-likeness (QED) is 0.737. The van der Waals surface area contributed by atoms with Crippen molar-refractivity contribution in [3.05, 3.63) is 46.7 Å². The Hall–Kier alpha value is -2.05. The van der Waals surface area contributed by atoms with E-state index in [0.29, 0.717) is 15.8 Å². The molecule has 0 saturated carbocycles. The summed E-state index contributed by atoms with van der Waals surface area (Å²) < 4.78 is 0. The second-order valence-corrected chi connectivity index (χ2v) is 4.90. The van der Waals surface area contributed by atoms with Crippen LogP contribution in [0.25, 0.3) is 10.8 Å². The second kappa shape index (κ2) is 4.91. The molecular formula is C12H7ClN4OS. The maximum Gasteiger partial charge on any atom is 0.259 e. The Morgan fingerprint density at radius 3 is 2.79 bits per heavy atom. The van der Waals surface area contributed by atoms with Crippen molar-refractivity contribution >= 4 is 44.7 Å². The molecule has 0 bridgehead atoms.